The van der Waals surface area contributed by atoms with Gasteiger partial charge in [0.1, 0.15) is 17.3 Å². The molecular formula is C13H18ClN5. The van der Waals surface area contributed by atoms with Crippen molar-refractivity contribution < 1.29 is 0 Å². The van der Waals surface area contributed by atoms with Crippen molar-refractivity contribution in [1.82, 2.24) is 19.6 Å². The highest BCUT2D eigenvalue weighted by Gasteiger charge is 2.30. The van der Waals surface area contributed by atoms with E-state index in [2.05, 4.69) is 34.2 Å². The first kappa shape index (κ1) is 12.7. The summed E-state index contributed by atoms with van der Waals surface area (Å²) in [7, 11) is 0. The monoisotopic (exact) mass is 279 g/mol. The molecule has 2 aromatic heterocycles. The number of anilines is 1. The number of halogens is 1. The number of nitrogens with one attached hydrogen (secondary N) is 1. The summed E-state index contributed by atoms with van der Waals surface area (Å²) in [6, 6.07) is 0.458. The molecule has 3 rings (SSSR count). The lowest BCUT2D eigenvalue weighted by Crippen LogP contribution is -2.26. The topological polar surface area (TPSA) is 55.1 Å². The van der Waals surface area contributed by atoms with E-state index in [0.29, 0.717) is 22.9 Å². The Kier molecular flexibility index (Phi) is 3.09. The first-order valence-electron chi connectivity index (χ1n) is 6.70. The molecule has 0 radical (unpaired) electrons. The average Bonchev–Trinajstić information content (AvgIpc) is 2.95. The molecule has 1 aliphatic rings. The Hall–Kier alpha value is -1.36. The molecule has 2 aromatic rings. The molecule has 0 bridgehead atoms. The van der Waals surface area contributed by atoms with Crippen molar-refractivity contribution in [3.05, 3.63) is 17.0 Å². The molecule has 1 N–H and O–H groups in total. The largest absolute Gasteiger partial charge is 0.367 e. The van der Waals surface area contributed by atoms with Crippen LogP contribution in [0.25, 0.3) is 5.78 Å². The molecule has 19 heavy (non-hydrogen) atoms. The molecule has 5 nitrogen and oxygen atoms in total. The molecule has 0 saturated heterocycles. The third kappa shape index (κ3) is 2.06. The van der Waals surface area contributed by atoms with Crippen molar-refractivity contribution in [2.24, 2.45) is 11.8 Å². The first-order valence-corrected chi connectivity index (χ1v) is 7.08. The van der Waals surface area contributed by atoms with Crippen molar-refractivity contribution >= 4 is 23.2 Å². The maximum Gasteiger partial charge on any atom is 0.255 e. The van der Waals surface area contributed by atoms with E-state index in [-0.39, 0.29) is 0 Å². The second-order valence-electron chi connectivity index (χ2n) is 5.51. The predicted octanol–water partition coefficient (Wildman–Crippen LogP) is 2.93. The van der Waals surface area contributed by atoms with Gasteiger partial charge in [0.25, 0.3) is 5.78 Å². The van der Waals surface area contributed by atoms with Gasteiger partial charge in [-0.05, 0) is 31.6 Å². The lowest BCUT2D eigenvalue weighted by Gasteiger charge is -2.22. The zero-order valence-corrected chi connectivity index (χ0v) is 12.1. The summed E-state index contributed by atoms with van der Waals surface area (Å²) in [5, 5.41) is 8.31. The van der Waals surface area contributed by atoms with Gasteiger partial charge in [0, 0.05) is 11.6 Å². The van der Waals surface area contributed by atoms with Crippen LogP contribution >= 0.6 is 11.6 Å². The lowest BCUT2D eigenvalue weighted by atomic mass is 9.98. The summed E-state index contributed by atoms with van der Waals surface area (Å²) in [5.74, 6) is 2.85. The van der Waals surface area contributed by atoms with Gasteiger partial charge >= 0.3 is 0 Å². The van der Waals surface area contributed by atoms with E-state index >= 15 is 0 Å². The van der Waals surface area contributed by atoms with Gasteiger partial charge in [-0.25, -0.2) is 0 Å². The second kappa shape index (κ2) is 4.63. The second-order valence-corrected chi connectivity index (χ2v) is 5.87. The van der Waals surface area contributed by atoms with Gasteiger partial charge in [-0.1, -0.05) is 25.4 Å². The van der Waals surface area contributed by atoms with Gasteiger partial charge in [0.2, 0.25) is 0 Å². The van der Waals surface area contributed by atoms with E-state index < -0.39 is 0 Å². The minimum absolute atomic E-state index is 0.458. The summed E-state index contributed by atoms with van der Waals surface area (Å²) in [4.78, 5) is 8.33. The summed E-state index contributed by atoms with van der Waals surface area (Å²) >= 11 is 6.17. The van der Waals surface area contributed by atoms with E-state index in [1.807, 2.05) is 6.92 Å². The van der Waals surface area contributed by atoms with Gasteiger partial charge in [-0.2, -0.15) is 19.6 Å². The van der Waals surface area contributed by atoms with E-state index in [0.717, 1.165) is 17.3 Å². The van der Waals surface area contributed by atoms with Gasteiger partial charge in [0.05, 0.1) is 0 Å². The molecule has 3 unspecified atom stereocenters. The summed E-state index contributed by atoms with van der Waals surface area (Å²) in [5.41, 5.74) is 0.923. The number of hydrogen-bond acceptors (Lipinski definition) is 4. The highest BCUT2D eigenvalue weighted by Crippen LogP contribution is 2.34. The van der Waals surface area contributed by atoms with Crippen LogP contribution in [-0.4, -0.2) is 25.6 Å². The Morgan fingerprint density at radius 2 is 2.16 bits per heavy atom. The van der Waals surface area contributed by atoms with Crippen LogP contribution in [0.3, 0.4) is 0 Å². The molecule has 1 aliphatic carbocycles. The highest BCUT2D eigenvalue weighted by atomic mass is 35.5. The van der Waals surface area contributed by atoms with Crippen LogP contribution in [-0.2, 0) is 0 Å². The Balaban J connectivity index is 2.00. The van der Waals surface area contributed by atoms with Crippen LogP contribution in [0.4, 0.5) is 5.82 Å². The van der Waals surface area contributed by atoms with Crippen molar-refractivity contribution in [1.29, 1.82) is 0 Å². The molecule has 2 heterocycles. The Bertz CT molecular complexity index is 608. The van der Waals surface area contributed by atoms with E-state index in [9.17, 15) is 0 Å². The van der Waals surface area contributed by atoms with Crippen molar-refractivity contribution in [3.63, 3.8) is 0 Å². The fourth-order valence-corrected chi connectivity index (χ4v) is 2.98. The quantitative estimate of drug-likeness (QED) is 0.859. The van der Waals surface area contributed by atoms with E-state index in [1.54, 1.807) is 4.52 Å². The van der Waals surface area contributed by atoms with Crippen molar-refractivity contribution in [2.75, 3.05) is 5.32 Å². The molecular weight excluding hydrogens is 262 g/mol. The maximum absolute atomic E-state index is 6.17. The normalized spacial score (nSPS) is 27.1. The van der Waals surface area contributed by atoms with Crippen LogP contribution in [0.5, 0.6) is 0 Å². The standard InChI is InChI=1S/C13H18ClN5/c1-7-4-5-10(8(7)2)17-12-9(3)11(14)18-13-15-6-16-19(12)13/h6-8,10,17H,4-5H2,1-3H3. The Morgan fingerprint density at radius 1 is 1.37 bits per heavy atom. The summed E-state index contributed by atoms with van der Waals surface area (Å²) in [6.45, 7) is 6.57. The summed E-state index contributed by atoms with van der Waals surface area (Å²) < 4.78 is 1.73. The smallest absolute Gasteiger partial charge is 0.255 e. The molecule has 0 aliphatic heterocycles. The highest BCUT2D eigenvalue weighted by molar-refractivity contribution is 6.30. The zero-order chi connectivity index (χ0) is 13.6. The number of rotatable bonds is 2. The average molecular weight is 280 g/mol. The van der Waals surface area contributed by atoms with Gasteiger partial charge in [-0.3, -0.25) is 0 Å². The fraction of sp³-hybridized carbons (Fsp3) is 0.615. The molecule has 1 saturated carbocycles. The molecule has 3 atom stereocenters. The van der Waals surface area contributed by atoms with Crippen LogP contribution in [0.15, 0.2) is 6.33 Å². The number of fused-ring (bicyclic) bond motifs is 1. The van der Waals surface area contributed by atoms with Gasteiger partial charge in [-0.15, -0.1) is 0 Å². The molecule has 102 valence electrons. The van der Waals surface area contributed by atoms with Gasteiger partial charge in [0.15, 0.2) is 0 Å². The third-order valence-corrected chi connectivity index (χ3v) is 4.76. The molecule has 0 spiro atoms. The van der Waals surface area contributed by atoms with Crippen LogP contribution < -0.4 is 5.32 Å². The SMILES string of the molecule is Cc1c(Cl)nc2ncnn2c1NC1CCC(C)C1C. The van der Waals surface area contributed by atoms with E-state index in [4.69, 9.17) is 11.6 Å². The number of hydrogen-bond donors (Lipinski definition) is 1. The van der Waals surface area contributed by atoms with Crippen LogP contribution in [0.2, 0.25) is 5.15 Å². The lowest BCUT2D eigenvalue weighted by molar-refractivity contribution is 0.434. The molecule has 0 aromatic carbocycles. The van der Waals surface area contributed by atoms with Crippen LogP contribution in [0, 0.1) is 18.8 Å². The minimum atomic E-state index is 0.458. The van der Waals surface area contributed by atoms with Crippen molar-refractivity contribution in [3.8, 4) is 0 Å². The zero-order valence-electron chi connectivity index (χ0n) is 11.4. The maximum atomic E-state index is 6.17. The molecule has 1 fully saturated rings. The molecule has 6 heteroatoms. The third-order valence-electron chi connectivity index (χ3n) is 4.39. The Morgan fingerprint density at radius 3 is 2.84 bits per heavy atom. The Labute approximate surface area is 117 Å². The fourth-order valence-electron chi connectivity index (χ4n) is 2.81. The van der Waals surface area contributed by atoms with Crippen LogP contribution in [0.1, 0.15) is 32.3 Å². The minimum Gasteiger partial charge on any atom is -0.367 e. The summed E-state index contributed by atoms with van der Waals surface area (Å²) in [6.07, 6.45) is 3.94. The number of aromatic nitrogens is 4. The molecule has 0 amide bonds. The predicted molar refractivity (Wildman–Crippen MR) is 75.5 cm³/mol. The first-order chi connectivity index (χ1) is 9.08. The van der Waals surface area contributed by atoms with E-state index in [1.165, 1.54) is 19.2 Å². The van der Waals surface area contributed by atoms with Gasteiger partial charge < -0.3 is 5.32 Å². The van der Waals surface area contributed by atoms with Crippen molar-refractivity contribution in [2.45, 2.75) is 39.7 Å². The number of nitrogens with zero attached hydrogens (tertiary/aromatic N) is 4.